The Morgan fingerprint density at radius 3 is 2.02 bits per heavy atom. The minimum absolute atomic E-state index is 0.0392. The molecule has 2 heterocycles. The molecule has 0 radical (unpaired) electrons. The van der Waals surface area contributed by atoms with Crippen molar-refractivity contribution in [1.29, 1.82) is 0 Å². The number of ether oxygens (including phenoxy) is 2. The van der Waals surface area contributed by atoms with Crippen molar-refractivity contribution in [3.8, 4) is 0 Å². The minimum atomic E-state index is -5.76. The van der Waals surface area contributed by atoms with E-state index in [1.165, 1.54) is 0 Å². The topological polar surface area (TPSA) is 65.6 Å². The molecule has 0 unspecified atom stereocenters. The van der Waals surface area contributed by atoms with Crippen molar-refractivity contribution in [3.63, 3.8) is 0 Å². The highest BCUT2D eigenvalue weighted by atomic mass is 19.4. The fraction of sp³-hybridized carbons (Fsp3) is 0.724. The number of hydrogen-bond acceptors (Lipinski definition) is 7. The number of esters is 1. The maximum Gasteiger partial charge on any atom is 0.434 e. The van der Waals surface area contributed by atoms with Gasteiger partial charge in [0.25, 0.3) is 6.10 Å². The van der Waals surface area contributed by atoms with Crippen molar-refractivity contribution < 1.29 is 45.4 Å². The highest BCUT2D eigenvalue weighted by Gasteiger charge is 2.60. The minimum Gasteiger partial charge on any atom is -0.459 e. The third-order valence-corrected chi connectivity index (χ3v) is 7.97. The molecule has 8 nitrogen and oxygen atoms in total. The third-order valence-electron chi connectivity index (χ3n) is 7.97. The first-order valence-corrected chi connectivity index (χ1v) is 14.3. The Morgan fingerprint density at radius 2 is 1.51 bits per heavy atom. The van der Waals surface area contributed by atoms with Gasteiger partial charge in [-0.25, -0.2) is 4.79 Å². The van der Waals surface area contributed by atoms with E-state index in [4.69, 9.17) is 4.74 Å². The smallest absolute Gasteiger partial charge is 0.434 e. The van der Waals surface area contributed by atoms with Gasteiger partial charge in [-0.3, -0.25) is 14.6 Å². The number of nitrogens with zero attached hydrogens (tertiary/aromatic N) is 4. The number of amides is 1. The Kier molecular flexibility index (Phi) is 10.6. The summed E-state index contributed by atoms with van der Waals surface area (Å²) in [5.41, 5.74) is 2.22. The third kappa shape index (κ3) is 9.62. The SMILES string of the molecule is Cc1ccc(CN(C)C2(C)CCN(C(=O)OC(C(F)(F)F)C(F)(F)F)CC2)c(N2CCN(CC(=O)OC(C)(C)C)CC2)c1. The summed E-state index contributed by atoms with van der Waals surface area (Å²) in [6.07, 6.45) is -16.6. The van der Waals surface area contributed by atoms with Crippen LogP contribution in [0.3, 0.4) is 0 Å². The molecule has 1 aromatic carbocycles. The van der Waals surface area contributed by atoms with Gasteiger partial charge in [0.1, 0.15) is 5.60 Å². The van der Waals surface area contributed by atoms with E-state index in [0.717, 1.165) is 21.7 Å². The average molecular weight is 625 g/mol. The molecule has 43 heavy (non-hydrogen) atoms. The Hall–Kier alpha value is -2.74. The maximum absolute atomic E-state index is 12.8. The van der Waals surface area contributed by atoms with E-state index in [2.05, 4.69) is 31.6 Å². The molecule has 0 aliphatic carbocycles. The molecule has 0 spiro atoms. The Morgan fingerprint density at radius 1 is 0.953 bits per heavy atom. The van der Waals surface area contributed by atoms with Gasteiger partial charge in [-0.15, -0.1) is 0 Å². The maximum atomic E-state index is 12.8. The van der Waals surface area contributed by atoms with E-state index in [0.29, 0.717) is 45.6 Å². The van der Waals surface area contributed by atoms with Crippen LogP contribution in [-0.2, 0) is 20.8 Å². The lowest BCUT2D eigenvalue weighted by atomic mass is 9.87. The summed E-state index contributed by atoms with van der Waals surface area (Å²) in [5, 5.41) is 0. The molecular weight excluding hydrogens is 582 g/mol. The van der Waals surface area contributed by atoms with E-state index in [1.54, 1.807) is 0 Å². The number of carbonyl (C=O) groups excluding carboxylic acids is 2. The van der Waals surface area contributed by atoms with Crippen LogP contribution in [0.15, 0.2) is 18.2 Å². The molecule has 1 amide bonds. The van der Waals surface area contributed by atoms with Crippen LogP contribution in [0.4, 0.5) is 36.8 Å². The summed E-state index contributed by atoms with van der Waals surface area (Å²) >= 11 is 0. The average Bonchev–Trinajstić information content (AvgIpc) is 2.86. The first-order valence-electron chi connectivity index (χ1n) is 14.3. The van der Waals surface area contributed by atoms with Gasteiger partial charge < -0.3 is 19.3 Å². The van der Waals surface area contributed by atoms with Crippen LogP contribution in [0, 0.1) is 6.92 Å². The molecule has 2 fully saturated rings. The van der Waals surface area contributed by atoms with Gasteiger partial charge in [0.15, 0.2) is 0 Å². The van der Waals surface area contributed by atoms with Crippen LogP contribution in [-0.4, -0.2) is 109 Å². The van der Waals surface area contributed by atoms with Crippen molar-refractivity contribution in [3.05, 3.63) is 29.3 Å². The van der Waals surface area contributed by atoms with Gasteiger partial charge in [0.05, 0.1) is 6.54 Å². The number of rotatable bonds is 7. The van der Waals surface area contributed by atoms with Gasteiger partial charge in [0.2, 0.25) is 0 Å². The summed E-state index contributed by atoms with van der Waals surface area (Å²) in [5.74, 6) is -0.258. The fourth-order valence-electron chi connectivity index (χ4n) is 5.30. The molecule has 244 valence electrons. The number of halogens is 6. The molecule has 1 aromatic rings. The van der Waals surface area contributed by atoms with Gasteiger partial charge in [-0.2, -0.15) is 26.3 Å². The highest BCUT2D eigenvalue weighted by molar-refractivity contribution is 5.72. The molecule has 0 N–H and O–H groups in total. The molecule has 0 aromatic heterocycles. The quantitative estimate of drug-likeness (QED) is 0.299. The van der Waals surface area contributed by atoms with Crippen LogP contribution in [0.25, 0.3) is 0 Å². The molecule has 2 aliphatic rings. The van der Waals surface area contributed by atoms with Gasteiger partial charge in [-0.1, -0.05) is 12.1 Å². The molecular formula is C29H42F6N4O4. The normalized spacial score (nSPS) is 18.7. The van der Waals surface area contributed by atoms with E-state index in [9.17, 15) is 35.9 Å². The zero-order valence-electron chi connectivity index (χ0n) is 25.6. The van der Waals surface area contributed by atoms with Gasteiger partial charge >= 0.3 is 24.4 Å². The number of benzene rings is 1. The predicted octanol–water partition coefficient (Wildman–Crippen LogP) is 5.37. The molecule has 0 atom stereocenters. The molecule has 3 rings (SSSR count). The number of alkyl halides is 6. The van der Waals surface area contributed by atoms with Crippen LogP contribution in [0.5, 0.6) is 0 Å². The lowest BCUT2D eigenvalue weighted by Crippen LogP contribution is -2.54. The second-order valence-corrected chi connectivity index (χ2v) is 12.7. The second kappa shape index (κ2) is 13.1. The standard InChI is InChI=1S/C29H42F6N4O4/c1-20-7-8-21(22(17-20)38-15-13-37(14-16-38)19-23(40)43-26(2,3)4)18-36(6)27(5)9-11-39(12-10-27)25(41)42-24(28(30,31)32)29(33,34)35/h7-8,17,24H,9-16,18-19H2,1-6H3. The number of carbonyl (C=O) groups is 2. The number of anilines is 1. The van der Waals surface area contributed by atoms with Crippen LogP contribution < -0.4 is 4.90 Å². The van der Waals surface area contributed by atoms with Crippen LogP contribution in [0.2, 0.25) is 0 Å². The fourth-order valence-corrected chi connectivity index (χ4v) is 5.30. The van der Waals surface area contributed by atoms with Crippen molar-refractivity contribution in [2.45, 2.75) is 83.6 Å². The van der Waals surface area contributed by atoms with Crippen LogP contribution in [0.1, 0.15) is 51.7 Å². The summed E-state index contributed by atoms with van der Waals surface area (Å²) in [4.78, 5) is 31.8. The molecule has 2 aliphatic heterocycles. The Labute approximate surface area is 248 Å². The lowest BCUT2D eigenvalue weighted by Gasteiger charge is -2.45. The number of hydrogen-bond donors (Lipinski definition) is 0. The van der Waals surface area contributed by atoms with E-state index < -0.39 is 35.7 Å². The summed E-state index contributed by atoms with van der Waals surface area (Å²) in [6, 6.07) is 6.19. The first kappa shape index (κ1) is 34.7. The first-order chi connectivity index (χ1) is 19.7. The number of piperazine rings is 1. The molecule has 0 saturated carbocycles. The van der Waals surface area contributed by atoms with E-state index in [1.807, 2.05) is 47.7 Å². The number of piperidine rings is 1. The van der Waals surface area contributed by atoms with Gasteiger partial charge in [-0.05, 0) is 71.7 Å². The largest absolute Gasteiger partial charge is 0.459 e. The van der Waals surface area contributed by atoms with Crippen molar-refractivity contribution in [2.75, 3.05) is 57.8 Å². The highest BCUT2D eigenvalue weighted by Crippen LogP contribution is 2.37. The lowest BCUT2D eigenvalue weighted by molar-refractivity contribution is -0.308. The monoisotopic (exact) mass is 624 g/mol. The molecule has 2 saturated heterocycles. The van der Waals surface area contributed by atoms with E-state index >= 15 is 0 Å². The molecule has 0 bridgehead atoms. The number of likely N-dealkylation sites (tertiary alicyclic amines) is 1. The zero-order valence-corrected chi connectivity index (χ0v) is 25.6. The zero-order chi connectivity index (χ0) is 32.4. The van der Waals surface area contributed by atoms with Crippen molar-refractivity contribution in [1.82, 2.24) is 14.7 Å². The predicted molar refractivity (Wildman–Crippen MR) is 149 cm³/mol. The molecule has 14 heteroatoms. The van der Waals surface area contributed by atoms with Crippen LogP contribution >= 0.6 is 0 Å². The summed E-state index contributed by atoms with van der Waals surface area (Å²) in [7, 11) is 1.92. The Bertz CT molecular complexity index is 1110. The summed E-state index contributed by atoms with van der Waals surface area (Å²) in [6.45, 7) is 13.0. The second-order valence-electron chi connectivity index (χ2n) is 12.7. The van der Waals surface area contributed by atoms with E-state index in [-0.39, 0.29) is 25.6 Å². The van der Waals surface area contributed by atoms with Crippen molar-refractivity contribution in [2.24, 2.45) is 0 Å². The number of aryl methyl sites for hydroxylation is 1. The van der Waals surface area contributed by atoms with Gasteiger partial charge in [0, 0.05) is 57.0 Å². The van der Waals surface area contributed by atoms with Crippen molar-refractivity contribution >= 4 is 17.7 Å². The summed E-state index contributed by atoms with van der Waals surface area (Å²) < 4.78 is 86.4. The Balaban J connectivity index is 1.60.